The predicted octanol–water partition coefficient (Wildman–Crippen LogP) is 7.81. The van der Waals surface area contributed by atoms with Crippen LogP contribution in [0.4, 0.5) is 0 Å². The summed E-state index contributed by atoms with van der Waals surface area (Å²) >= 11 is 0. The first-order valence-corrected chi connectivity index (χ1v) is 35.1. The molecule has 0 aliphatic carbocycles. The van der Waals surface area contributed by atoms with Gasteiger partial charge in [-0.25, -0.2) is 13.9 Å². The lowest BCUT2D eigenvalue weighted by molar-refractivity contribution is -0.261. The van der Waals surface area contributed by atoms with E-state index in [0.717, 1.165) is 76.7 Å². The van der Waals surface area contributed by atoms with Crippen LogP contribution < -0.4 is 38.1 Å². The number of amides is 5. The van der Waals surface area contributed by atoms with Gasteiger partial charge in [-0.05, 0) is 192 Å². The Balaban J connectivity index is 2.85. The van der Waals surface area contributed by atoms with Crippen molar-refractivity contribution in [3.8, 4) is 0 Å². The van der Waals surface area contributed by atoms with E-state index in [-0.39, 0.29) is 13.0 Å². The highest BCUT2D eigenvalue weighted by molar-refractivity contribution is 7.61. The second-order valence-corrected chi connectivity index (χ2v) is 27.4. The van der Waals surface area contributed by atoms with Crippen LogP contribution in [0, 0.1) is 0 Å². The second kappa shape index (κ2) is 45.2. The minimum Gasteiger partial charge on any atom is -0.480 e. The predicted molar refractivity (Wildman–Crippen MR) is 356 cm³/mol. The van der Waals surface area contributed by atoms with Crippen LogP contribution in [0.15, 0.2) is 81.5 Å². The summed E-state index contributed by atoms with van der Waals surface area (Å²) in [5.41, 5.74) is 20.2. The summed E-state index contributed by atoms with van der Waals surface area (Å²) in [7, 11) is -11.1. The van der Waals surface area contributed by atoms with E-state index >= 15 is 0 Å². The molecule has 0 saturated carbocycles. The number of hydrogen-bond donors (Lipinski definition) is 12. The third kappa shape index (κ3) is 37.5. The molecule has 1 saturated heterocycles. The summed E-state index contributed by atoms with van der Waals surface area (Å²) in [6.07, 6.45) is 17.6. The molecule has 0 spiro atoms. The van der Waals surface area contributed by atoms with Gasteiger partial charge >= 0.3 is 21.6 Å². The Morgan fingerprint density at radius 3 is 1.51 bits per heavy atom. The second-order valence-electron chi connectivity index (χ2n) is 24.4. The van der Waals surface area contributed by atoms with Crippen LogP contribution in [-0.2, 0) is 65.5 Å². The quantitative estimate of drug-likeness (QED) is 0.0157. The normalized spacial score (nSPS) is 21.0. The van der Waals surface area contributed by atoms with E-state index in [1.807, 2.05) is 0 Å². The van der Waals surface area contributed by atoms with Crippen LogP contribution in [0.3, 0.4) is 0 Å². The Morgan fingerprint density at radius 2 is 1.06 bits per heavy atom. The molecule has 26 nitrogen and oxygen atoms in total. The van der Waals surface area contributed by atoms with Crippen molar-refractivity contribution in [3.05, 3.63) is 81.5 Å². The van der Waals surface area contributed by atoms with E-state index in [1.165, 1.54) is 67.2 Å². The molecule has 0 aromatic carbocycles. The number of ether oxygens (including phenoxy) is 2. The van der Waals surface area contributed by atoms with E-state index in [0.29, 0.717) is 25.7 Å². The van der Waals surface area contributed by atoms with Crippen LogP contribution in [0.25, 0.3) is 0 Å². The zero-order valence-corrected chi connectivity index (χ0v) is 58.8. The third-order valence-electron chi connectivity index (χ3n) is 15.2. The van der Waals surface area contributed by atoms with Crippen molar-refractivity contribution in [2.45, 2.75) is 266 Å². The largest absolute Gasteiger partial charge is 0.483 e. The van der Waals surface area contributed by atoms with Crippen LogP contribution in [-0.4, -0.2) is 153 Å². The van der Waals surface area contributed by atoms with Crippen molar-refractivity contribution in [1.82, 2.24) is 26.6 Å². The number of phosphoric acid groups is 2. The van der Waals surface area contributed by atoms with E-state index in [1.54, 1.807) is 6.92 Å². The number of rotatable bonds is 46. The molecule has 1 heterocycles. The average Bonchev–Trinajstić information content (AvgIpc) is 0.888. The molecule has 0 radical (unpaired) electrons. The Hall–Kier alpha value is -5.31. The summed E-state index contributed by atoms with van der Waals surface area (Å²) in [4.78, 5) is 111. The lowest BCUT2D eigenvalue weighted by Gasteiger charge is -2.44. The number of ketones is 1. The molecule has 1 aliphatic rings. The van der Waals surface area contributed by atoms with Gasteiger partial charge in [0.15, 0.2) is 12.1 Å². The summed E-state index contributed by atoms with van der Waals surface area (Å²) in [6, 6.07) is -8.10. The van der Waals surface area contributed by atoms with Gasteiger partial charge in [-0.15, -0.1) is 0 Å². The van der Waals surface area contributed by atoms with Crippen LogP contribution in [0.2, 0.25) is 0 Å². The van der Waals surface area contributed by atoms with Gasteiger partial charge in [0.25, 0.3) is 0 Å². The fourth-order valence-electron chi connectivity index (χ4n) is 9.53. The molecule has 3 unspecified atom stereocenters. The number of Topliss-reactive ketones (excluding diaryl/α,β-unsaturated/α-hetero) is 1. The summed E-state index contributed by atoms with van der Waals surface area (Å²) < 4.78 is 52.3. The fourth-order valence-corrected chi connectivity index (χ4v) is 11.6. The fraction of sp³-hybridized carbons (Fsp3) is 0.677. The molecule has 0 aromatic heterocycles. The molecule has 5 amide bonds. The molecule has 93 heavy (non-hydrogen) atoms. The lowest BCUT2D eigenvalue weighted by atomic mass is 9.96. The van der Waals surface area contributed by atoms with Gasteiger partial charge < -0.3 is 72.6 Å². The van der Waals surface area contributed by atoms with E-state index < -0.39 is 150 Å². The Labute approximate surface area is 550 Å². The number of aliphatic hydroxyl groups excluding tert-OH is 2. The number of unbranched alkanes of at least 4 members (excludes halogenated alkanes) is 1. The topological polar surface area (TPSA) is 413 Å². The Morgan fingerprint density at radius 1 is 0.591 bits per heavy atom. The number of aliphatic carboxylic acids is 1. The van der Waals surface area contributed by atoms with Crippen molar-refractivity contribution < 1.29 is 90.6 Å². The number of nitrogens with two attached hydrogens (primary N) is 2. The van der Waals surface area contributed by atoms with E-state index in [2.05, 4.69) is 116 Å². The van der Waals surface area contributed by atoms with Gasteiger partial charge in [0, 0.05) is 13.3 Å². The SMILES string of the molecule is CC(=O)N[C@H]1[C@@H](OP(=O)(O)OP(=O)(O)OC/C=C(\C)CC/C=C(\C)CC/C=C(\C)CC/C=C(\C)CC/C=C(\C)CC/C=C(\C)CCC=C(C)C)O[C@H](CO)[C@@H](O)[C@@H]1OC(C)C(=O)[C@H](C)NC(=O)CC[C@@H](NC(=O)[C@H](CCCCN)NC(=O)[C@@H](C)NC(=O)[C@@H](C)N)C(=O)O. The number of aliphatic hydroxyl groups is 2. The maximum absolute atomic E-state index is 13.6. The van der Waals surface area contributed by atoms with Crippen LogP contribution in [0.1, 0.15) is 199 Å². The van der Waals surface area contributed by atoms with Gasteiger partial charge in [-0.1, -0.05) is 81.5 Å². The molecule has 14 N–H and O–H groups in total. The van der Waals surface area contributed by atoms with Gasteiger partial charge in [0.2, 0.25) is 29.5 Å². The molecule has 0 aromatic rings. The first kappa shape index (κ1) is 85.7. The highest BCUT2D eigenvalue weighted by Crippen LogP contribution is 2.61. The summed E-state index contributed by atoms with van der Waals surface area (Å²) in [5.74, 6) is -6.35. The van der Waals surface area contributed by atoms with Crippen molar-refractivity contribution >= 4 is 56.9 Å². The zero-order chi connectivity index (χ0) is 70.6. The van der Waals surface area contributed by atoms with Gasteiger partial charge in [-0.3, -0.25) is 37.8 Å². The Bertz CT molecular complexity index is 2740. The van der Waals surface area contributed by atoms with Crippen LogP contribution in [0.5, 0.6) is 0 Å². The maximum Gasteiger partial charge on any atom is 0.483 e. The van der Waals surface area contributed by atoms with E-state index in [4.69, 9.17) is 30.0 Å². The maximum atomic E-state index is 13.6. The number of carbonyl (C=O) groups excluding carboxylic acids is 6. The number of carboxylic acids is 1. The van der Waals surface area contributed by atoms with Crippen LogP contribution >= 0.6 is 15.6 Å². The first-order valence-electron chi connectivity index (χ1n) is 32.1. The first-order chi connectivity index (χ1) is 43.5. The van der Waals surface area contributed by atoms with Crippen molar-refractivity contribution in [2.24, 2.45) is 11.5 Å². The number of nitrogens with one attached hydrogen (secondary N) is 5. The Kier molecular flexibility index (Phi) is 41.6. The number of carboxylic acid groups (broad SMARTS) is 1. The van der Waals surface area contributed by atoms with Gasteiger partial charge in [0.05, 0.1) is 25.3 Å². The molecule has 1 fully saturated rings. The lowest BCUT2D eigenvalue weighted by Crippen LogP contribution is -2.66. The minimum atomic E-state index is -5.70. The monoisotopic (exact) mass is 1360 g/mol. The zero-order valence-electron chi connectivity index (χ0n) is 57.0. The number of allylic oxidation sites excluding steroid dienone is 13. The average molecular weight is 1360 g/mol. The highest BCUT2D eigenvalue weighted by Gasteiger charge is 2.51. The number of phosphoric ester groups is 2. The number of hydrogen-bond acceptors (Lipinski definition) is 18. The van der Waals surface area contributed by atoms with Crippen molar-refractivity contribution in [1.29, 1.82) is 0 Å². The molecule has 530 valence electrons. The summed E-state index contributed by atoms with van der Waals surface area (Å²) in [6.45, 7) is 21.9. The molecule has 1 aliphatic heterocycles. The van der Waals surface area contributed by atoms with Crippen molar-refractivity contribution in [3.63, 3.8) is 0 Å². The molecular formula is C65H111N7O19P2. The molecule has 1 rings (SSSR count). The van der Waals surface area contributed by atoms with Crippen molar-refractivity contribution in [2.75, 3.05) is 19.8 Å². The molecule has 0 bridgehead atoms. The molecular weight excluding hydrogens is 1240 g/mol. The van der Waals surface area contributed by atoms with Gasteiger partial charge in [0.1, 0.15) is 48.6 Å². The molecule has 28 heteroatoms. The standard InChI is InChI=1S/C65H111N7O19P2/c1-41(2)22-16-23-42(3)24-17-25-43(4)26-18-27-44(5)28-19-29-45(6)30-20-31-46(7)32-21-33-47(8)37-39-87-92(83,84)91-93(85,86)90-65-57(70-52(13)74)60(59(77)55(40-73)89-65)88-51(12)58(76)49(10)68-56(75)36-35-54(64(81)82)72-63(80)53(34-14-15-38-66)71-62(79)50(11)69-61(78)48(9)67/h22,24,26,28,30,32,37,48-51,53-55,57,59-60,65,73,77H,14-21,23,25,27,29,31,33-36,38-40,66-67H2,1-13H3,(H,68,75)(H,69,78)(H,70,74)(H,71,79)(H,72,80)(H,81,82)(H,83,84)(H,85,86)/b42-24+,43-26+,44-28+,45-30+,46-32+,47-37+/t48-,49+,50-,51?,53+,54-,55-,57-,59-,60-,65-/m1/s1. The van der Waals surface area contributed by atoms with E-state index in [9.17, 15) is 67.8 Å². The number of carbonyl (C=O) groups is 7. The minimum absolute atomic E-state index is 0.0472. The van der Waals surface area contributed by atoms with Gasteiger partial charge in [-0.2, -0.15) is 4.31 Å². The third-order valence-corrected chi connectivity index (χ3v) is 17.8. The molecule has 13 atom stereocenters. The highest BCUT2D eigenvalue weighted by atomic mass is 31.3. The summed E-state index contributed by atoms with van der Waals surface area (Å²) in [5, 5.41) is 43.2. The smallest absolute Gasteiger partial charge is 0.480 e.